The molecule has 0 bridgehead atoms. The maximum Gasteiger partial charge on any atom is 0.238 e. The van der Waals surface area contributed by atoms with Gasteiger partial charge in [-0.2, -0.15) is 4.90 Å². The van der Waals surface area contributed by atoms with Crippen molar-refractivity contribution in [1.82, 2.24) is 4.90 Å². The van der Waals surface area contributed by atoms with Crippen molar-refractivity contribution in [3.8, 4) is 0 Å². The van der Waals surface area contributed by atoms with E-state index in [4.69, 9.17) is 4.74 Å². The Balaban J connectivity index is 2.30. The van der Waals surface area contributed by atoms with Crippen molar-refractivity contribution in [2.75, 3.05) is 7.11 Å². The maximum atomic E-state index is 11.5. The second-order valence-corrected chi connectivity index (χ2v) is 4.69. The molecule has 1 saturated heterocycles. The van der Waals surface area contributed by atoms with Crippen LogP contribution in [0.3, 0.4) is 0 Å². The molecule has 6 heteroatoms. The molecule has 0 aliphatic carbocycles. The van der Waals surface area contributed by atoms with E-state index in [0.717, 1.165) is 10.5 Å². The van der Waals surface area contributed by atoms with Gasteiger partial charge in [0.2, 0.25) is 11.8 Å². The third kappa shape index (κ3) is 2.83. The maximum absolute atomic E-state index is 11.5. The van der Waals surface area contributed by atoms with Gasteiger partial charge in [0.1, 0.15) is 5.78 Å². The second-order valence-electron chi connectivity index (χ2n) is 4.69. The molecule has 2 rings (SSSR count). The summed E-state index contributed by atoms with van der Waals surface area (Å²) in [5.41, 5.74) is 0.764. The van der Waals surface area contributed by atoms with Gasteiger partial charge in [0.15, 0.2) is 0 Å². The topological polar surface area (TPSA) is 90.2 Å². The van der Waals surface area contributed by atoms with Gasteiger partial charge in [0.25, 0.3) is 0 Å². The van der Waals surface area contributed by atoms with Crippen LogP contribution < -0.4 is 0 Å². The quantitative estimate of drug-likeness (QED) is 0.656. The number of aliphatic hydroxyl groups is 3. The molecule has 1 unspecified atom stereocenters. The predicted molar refractivity (Wildman–Crippen MR) is 65.4 cm³/mol. The zero-order chi connectivity index (χ0) is 14.1. The number of methoxy groups -OCH3 is 1. The van der Waals surface area contributed by atoms with Gasteiger partial charge in [-0.25, -0.2) is 0 Å². The summed E-state index contributed by atoms with van der Waals surface area (Å²) in [6.45, 7) is 0.0471. The lowest BCUT2D eigenvalue weighted by atomic mass is 10.0. The van der Waals surface area contributed by atoms with Crippen LogP contribution in [0.4, 0.5) is 0 Å². The van der Waals surface area contributed by atoms with E-state index in [1.54, 1.807) is 24.3 Å². The molecule has 19 heavy (non-hydrogen) atoms. The first-order valence-electron chi connectivity index (χ1n) is 5.93. The number of hydrogen-bond donors (Lipinski definition) is 3. The number of hydrogen-bond acceptors (Lipinski definition) is 6. The SMILES string of the molecule is COC1(O)CC(=O)CC(O)(O)N1Cc1ccccc1. The van der Waals surface area contributed by atoms with Gasteiger partial charge in [-0.15, -0.1) is 0 Å². The van der Waals surface area contributed by atoms with E-state index < -0.39 is 24.0 Å². The van der Waals surface area contributed by atoms with E-state index in [-0.39, 0.29) is 13.0 Å². The van der Waals surface area contributed by atoms with Crippen LogP contribution in [0.5, 0.6) is 0 Å². The van der Waals surface area contributed by atoms with E-state index in [1.165, 1.54) is 7.11 Å². The Bertz CT molecular complexity index is 461. The molecule has 3 N–H and O–H groups in total. The normalized spacial score (nSPS) is 27.5. The van der Waals surface area contributed by atoms with Crippen LogP contribution in [0.2, 0.25) is 0 Å². The van der Waals surface area contributed by atoms with Crippen molar-refractivity contribution in [3.05, 3.63) is 35.9 Å². The predicted octanol–water partition coefficient (Wildman–Crippen LogP) is -0.218. The lowest BCUT2D eigenvalue weighted by Gasteiger charge is -2.47. The Kier molecular flexibility index (Phi) is 3.71. The minimum absolute atomic E-state index is 0.0471. The van der Waals surface area contributed by atoms with E-state index in [9.17, 15) is 20.1 Å². The highest BCUT2D eigenvalue weighted by atomic mass is 16.7. The fourth-order valence-corrected chi connectivity index (χ4v) is 2.25. The molecule has 0 spiro atoms. The third-order valence-electron chi connectivity index (χ3n) is 3.23. The molecular formula is C13H17NO5. The van der Waals surface area contributed by atoms with Crippen LogP contribution in [0.25, 0.3) is 0 Å². The summed E-state index contributed by atoms with van der Waals surface area (Å²) in [7, 11) is 1.21. The fraction of sp³-hybridized carbons (Fsp3) is 0.462. The summed E-state index contributed by atoms with van der Waals surface area (Å²) >= 11 is 0. The first kappa shape index (κ1) is 14.1. The third-order valence-corrected chi connectivity index (χ3v) is 3.23. The van der Waals surface area contributed by atoms with Crippen LogP contribution in [0, 0.1) is 0 Å². The summed E-state index contributed by atoms with van der Waals surface area (Å²) in [5, 5.41) is 30.2. The molecule has 6 nitrogen and oxygen atoms in total. The Morgan fingerprint density at radius 1 is 1.21 bits per heavy atom. The zero-order valence-electron chi connectivity index (χ0n) is 10.6. The first-order chi connectivity index (χ1) is 8.87. The number of carbonyl (C=O) groups is 1. The molecule has 0 radical (unpaired) electrons. The number of rotatable bonds is 3. The van der Waals surface area contributed by atoms with E-state index in [1.807, 2.05) is 6.07 Å². The van der Waals surface area contributed by atoms with Crippen molar-refractivity contribution >= 4 is 5.78 Å². The number of carbonyl (C=O) groups excluding carboxylic acids is 1. The largest absolute Gasteiger partial charge is 0.353 e. The first-order valence-corrected chi connectivity index (χ1v) is 5.93. The number of piperidine rings is 1. The van der Waals surface area contributed by atoms with Gasteiger partial charge in [-0.3, -0.25) is 4.79 Å². The highest BCUT2D eigenvalue weighted by Crippen LogP contribution is 2.34. The number of ketones is 1. The Morgan fingerprint density at radius 2 is 1.84 bits per heavy atom. The van der Waals surface area contributed by atoms with Crippen LogP contribution >= 0.6 is 0 Å². The van der Waals surface area contributed by atoms with Gasteiger partial charge >= 0.3 is 0 Å². The smallest absolute Gasteiger partial charge is 0.238 e. The van der Waals surface area contributed by atoms with Gasteiger partial charge < -0.3 is 20.1 Å². The Labute approximate surface area is 110 Å². The van der Waals surface area contributed by atoms with Gasteiger partial charge in [-0.1, -0.05) is 30.3 Å². The summed E-state index contributed by atoms with van der Waals surface area (Å²) in [4.78, 5) is 12.4. The molecule has 1 fully saturated rings. The molecule has 1 aliphatic rings. The van der Waals surface area contributed by atoms with Crippen LogP contribution in [0.1, 0.15) is 18.4 Å². The van der Waals surface area contributed by atoms with Crippen molar-refractivity contribution in [1.29, 1.82) is 0 Å². The Hall–Kier alpha value is -1.31. The molecule has 0 aromatic heterocycles. The molecule has 104 valence electrons. The molecule has 1 aromatic rings. The number of Topliss-reactive ketones (excluding diaryl/α,β-unsaturated/α-hetero) is 1. The average Bonchev–Trinajstić information content (AvgIpc) is 2.34. The van der Waals surface area contributed by atoms with Crippen molar-refractivity contribution in [2.45, 2.75) is 31.2 Å². The molecule has 1 aromatic carbocycles. The molecule has 1 atom stereocenters. The van der Waals surface area contributed by atoms with Gasteiger partial charge in [0, 0.05) is 13.7 Å². The van der Waals surface area contributed by atoms with Gasteiger partial charge in [0.05, 0.1) is 12.8 Å². The van der Waals surface area contributed by atoms with Crippen LogP contribution in [-0.4, -0.2) is 44.9 Å². The minimum atomic E-state index is -2.43. The molecule has 1 aliphatic heterocycles. The summed E-state index contributed by atoms with van der Waals surface area (Å²) < 4.78 is 4.91. The lowest BCUT2D eigenvalue weighted by molar-refractivity contribution is -0.402. The standard InChI is InChI=1S/C13H17NO5/c1-19-13(18)8-11(15)7-12(16,17)14(13)9-10-5-3-2-4-6-10/h2-6,16-18H,7-9H2,1H3. The van der Waals surface area contributed by atoms with E-state index in [2.05, 4.69) is 0 Å². The summed E-state index contributed by atoms with van der Waals surface area (Å²) in [6, 6.07) is 8.99. The monoisotopic (exact) mass is 267 g/mol. The number of likely N-dealkylation sites (tertiary alicyclic amines) is 1. The average molecular weight is 267 g/mol. The molecule has 0 saturated carbocycles. The van der Waals surface area contributed by atoms with Crippen molar-refractivity contribution in [2.24, 2.45) is 0 Å². The summed E-state index contributed by atoms with van der Waals surface area (Å²) in [6.07, 6.45) is -0.773. The van der Waals surface area contributed by atoms with Crippen molar-refractivity contribution in [3.63, 3.8) is 0 Å². The number of ether oxygens (including phenoxy) is 1. The highest BCUT2D eigenvalue weighted by Gasteiger charge is 2.53. The van der Waals surface area contributed by atoms with Crippen LogP contribution in [-0.2, 0) is 16.1 Å². The van der Waals surface area contributed by atoms with Gasteiger partial charge in [-0.05, 0) is 5.56 Å². The van der Waals surface area contributed by atoms with Crippen LogP contribution in [0.15, 0.2) is 30.3 Å². The van der Waals surface area contributed by atoms with E-state index in [0.29, 0.717) is 0 Å². The Morgan fingerprint density at radius 3 is 2.42 bits per heavy atom. The number of nitrogens with zero attached hydrogens (tertiary/aromatic N) is 1. The van der Waals surface area contributed by atoms with E-state index >= 15 is 0 Å². The summed E-state index contributed by atoms with van der Waals surface area (Å²) in [5.74, 6) is -4.93. The molecule has 1 heterocycles. The lowest BCUT2D eigenvalue weighted by Crippen LogP contribution is -2.66. The molecule has 0 amide bonds. The second kappa shape index (κ2) is 4.99. The number of benzene rings is 1. The fourth-order valence-electron chi connectivity index (χ4n) is 2.25. The molecular weight excluding hydrogens is 250 g/mol. The van der Waals surface area contributed by atoms with Crippen molar-refractivity contribution < 1.29 is 24.9 Å². The zero-order valence-corrected chi connectivity index (χ0v) is 10.6. The minimum Gasteiger partial charge on any atom is -0.353 e. The highest BCUT2D eigenvalue weighted by molar-refractivity contribution is 5.80.